The van der Waals surface area contributed by atoms with Crippen LogP contribution in [0.1, 0.15) is 28.7 Å². The molecule has 22 heavy (non-hydrogen) atoms. The molecule has 0 unspecified atom stereocenters. The van der Waals surface area contributed by atoms with Gasteiger partial charge in [-0.1, -0.05) is 17.8 Å². The number of likely N-dealkylation sites (N-methyl/N-ethyl adjacent to an activating group) is 1. The quantitative estimate of drug-likeness (QED) is 0.858. The van der Waals surface area contributed by atoms with E-state index in [0.717, 1.165) is 36.6 Å². The maximum atomic E-state index is 12.8. The highest BCUT2D eigenvalue weighted by atomic mass is 32.1. The lowest BCUT2D eigenvalue weighted by Crippen LogP contribution is -2.41. The third-order valence-electron chi connectivity index (χ3n) is 3.87. The minimum absolute atomic E-state index is 0.0252. The van der Waals surface area contributed by atoms with E-state index in [0.29, 0.717) is 24.5 Å². The Morgan fingerprint density at radius 3 is 2.82 bits per heavy atom. The lowest BCUT2D eigenvalue weighted by atomic mass is 10.1. The van der Waals surface area contributed by atoms with E-state index < -0.39 is 0 Å². The number of carbonyl (C=O) groups excluding carboxylic acids is 2. The molecule has 122 valence electrons. The van der Waals surface area contributed by atoms with Crippen molar-refractivity contribution in [1.82, 2.24) is 24.7 Å². The molecule has 0 radical (unpaired) electrons. The lowest BCUT2D eigenvalue weighted by Gasteiger charge is -2.22. The zero-order valence-corrected chi connectivity index (χ0v) is 14.2. The maximum absolute atomic E-state index is 12.8. The molecule has 0 aromatic carbocycles. The van der Waals surface area contributed by atoms with E-state index in [4.69, 9.17) is 0 Å². The smallest absolute Gasteiger partial charge is 0.267 e. The summed E-state index contributed by atoms with van der Waals surface area (Å²) in [4.78, 5) is 29.2. The number of hydrogen-bond donors (Lipinski definition) is 1. The van der Waals surface area contributed by atoms with Crippen LogP contribution in [0, 0.1) is 5.92 Å². The van der Waals surface area contributed by atoms with Gasteiger partial charge < -0.3 is 15.1 Å². The molecule has 1 fully saturated rings. The van der Waals surface area contributed by atoms with Gasteiger partial charge in [0.1, 0.15) is 4.88 Å². The molecular formula is C14H23N5O2S. The van der Waals surface area contributed by atoms with E-state index in [9.17, 15) is 9.59 Å². The molecule has 0 aliphatic carbocycles. The minimum atomic E-state index is -0.211. The fourth-order valence-electron chi connectivity index (χ4n) is 2.64. The van der Waals surface area contributed by atoms with Gasteiger partial charge in [0.05, 0.1) is 11.6 Å². The fourth-order valence-corrected chi connectivity index (χ4v) is 3.32. The number of aryl methyl sites for hydroxylation is 1. The summed E-state index contributed by atoms with van der Waals surface area (Å²) in [6.07, 6.45) is 1.68. The second kappa shape index (κ2) is 7.64. The van der Waals surface area contributed by atoms with Gasteiger partial charge in [-0.15, -0.1) is 5.10 Å². The molecule has 8 heteroatoms. The summed E-state index contributed by atoms with van der Waals surface area (Å²) in [6.45, 7) is 4.52. The molecule has 0 spiro atoms. The molecule has 0 saturated carbocycles. The Kier molecular flexibility index (Phi) is 5.84. The highest BCUT2D eigenvalue weighted by molar-refractivity contribution is 7.08. The van der Waals surface area contributed by atoms with Crippen molar-refractivity contribution in [3.63, 3.8) is 0 Å². The molecular weight excluding hydrogens is 302 g/mol. The lowest BCUT2D eigenvalue weighted by molar-refractivity contribution is -0.125. The first kappa shape index (κ1) is 16.8. The van der Waals surface area contributed by atoms with Crippen LogP contribution in [0.5, 0.6) is 0 Å². The number of rotatable bonds is 4. The molecule has 1 N–H and O–H groups in total. The largest absolute Gasteiger partial charge is 0.359 e. The second-order valence-electron chi connectivity index (χ2n) is 5.62. The molecule has 1 aromatic heterocycles. The molecule has 0 bridgehead atoms. The zero-order valence-electron chi connectivity index (χ0n) is 13.3. The molecule has 1 aliphatic rings. The van der Waals surface area contributed by atoms with E-state index in [1.165, 1.54) is 0 Å². The van der Waals surface area contributed by atoms with Gasteiger partial charge in [-0.05, 0) is 25.0 Å². The number of nitrogens with one attached hydrogen (secondary N) is 1. The Labute approximate surface area is 134 Å². The number of amides is 2. The third-order valence-corrected chi connectivity index (χ3v) is 4.62. The highest BCUT2D eigenvalue weighted by Crippen LogP contribution is 2.18. The van der Waals surface area contributed by atoms with Gasteiger partial charge in [0.15, 0.2) is 0 Å². The first-order valence-corrected chi connectivity index (χ1v) is 8.34. The summed E-state index contributed by atoms with van der Waals surface area (Å²) < 4.78 is 3.92. The third kappa shape index (κ3) is 3.80. The molecule has 1 atom stereocenters. The average molecular weight is 325 g/mol. The van der Waals surface area contributed by atoms with Crippen LogP contribution >= 0.6 is 11.5 Å². The highest BCUT2D eigenvalue weighted by Gasteiger charge is 2.30. The SMILES string of the molecule is CCCc1nnsc1C(=O)N1CCN(C)C[C@@H](C(=O)NC)C1. The number of carbonyl (C=O) groups is 2. The Bertz CT molecular complexity index is 533. The van der Waals surface area contributed by atoms with Gasteiger partial charge in [-0.2, -0.15) is 0 Å². The van der Waals surface area contributed by atoms with E-state index in [1.807, 2.05) is 7.05 Å². The van der Waals surface area contributed by atoms with Crippen molar-refractivity contribution < 1.29 is 9.59 Å². The standard InChI is InChI=1S/C14H23N5O2S/c1-4-5-11-12(22-17-16-11)14(21)19-7-6-18(3)8-10(9-19)13(20)15-2/h10H,4-9H2,1-3H3,(H,15,20)/t10-/m1/s1. The van der Waals surface area contributed by atoms with E-state index >= 15 is 0 Å². The van der Waals surface area contributed by atoms with Gasteiger partial charge >= 0.3 is 0 Å². The summed E-state index contributed by atoms with van der Waals surface area (Å²) in [5.41, 5.74) is 0.770. The topological polar surface area (TPSA) is 78.4 Å². The number of aromatic nitrogens is 2. The molecule has 1 aliphatic heterocycles. The van der Waals surface area contributed by atoms with Crippen LogP contribution in [0.3, 0.4) is 0 Å². The number of hydrogen-bond acceptors (Lipinski definition) is 6. The predicted octanol–water partition coefficient (Wildman–Crippen LogP) is 0.240. The first-order chi connectivity index (χ1) is 10.6. The second-order valence-corrected chi connectivity index (χ2v) is 6.38. The van der Waals surface area contributed by atoms with Gasteiger partial charge in [-0.3, -0.25) is 9.59 Å². The predicted molar refractivity (Wildman–Crippen MR) is 84.9 cm³/mol. The van der Waals surface area contributed by atoms with Crippen LogP contribution in [-0.2, 0) is 11.2 Å². The number of nitrogens with zero attached hydrogens (tertiary/aromatic N) is 4. The molecule has 1 aromatic rings. The van der Waals surface area contributed by atoms with Gasteiger partial charge in [-0.25, -0.2) is 0 Å². The van der Waals surface area contributed by atoms with Crippen LogP contribution < -0.4 is 5.32 Å². The molecule has 1 saturated heterocycles. The summed E-state index contributed by atoms with van der Waals surface area (Å²) >= 11 is 1.15. The van der Waals surface area contributed by atoms with Crippen LogP contribution in [0.25, 0.3) is 0 Å². The Hall–Kier alpha value is -1.54. The van der Waals surface area contributed by atoms with Crippen molar-refractivity contribution in [2.75, 3.05) is 40.3 Å². The van der Waals surface area contributed by atoms with E-state index in [-0.39, 0.29) is 17.7 Å². The zero-order chi connectivity index (χ0) is 16.1. The van der Waals surface area contributed by atoms with Gasteiger partial charge in [0.2, 0.25) is 5.91 Å². The normalized spacial score (nSPS) is 19.8. The van der Waals surface area contributed by atoms with Crippen LogP contribution in [-0.4, -0.2) is 71.5 Å². The van der Waals surface area contributed by atoms with Crippen molar-refractivity contribution in [2.24, 2.45) is 5.92 Å². The summed E-state index contributed by atoms with van der Waals surface area (Å²) in [5.74, 6) is -0.289. The van der Waals surface area contributed by atoms with Crippen LogP contribution in [0.4, 0.5) is 0 Å². The molecule has 2 heterocycles. The van der Waals surface area contributed by atoms with Crippen molar-refractivity contribution >= 4 is 23.3 Å². The first-order valence-electron chi connectivity index (χ1n) is 7.57. The average Bonchev–Trinajstić information content (AvgIpc) is 2.88. The summed E-state index contributed by atoms with van der Waals surface area (Å²) in [7, 11) is 3.60. The van der Waals surface area contributed by atoms with Crippen molar-refractivity contribution in [2.45, 2.75) is 19.8 Å². The minimum Gasteiger partial charge on any atom is -0.359 e. The monoisotopic (exact) mass is 325 g/mol. The van der Waals surface area contributed by atoms with Crippen LogP contribution in [0.15, 0.2) is 0 Å². The van der Waals surface area contributed by atoms with Gasteiger partial charge in [0.25, 0.3) is 5.91 Å². The molecule has 2 amide bonds. The van der Waals surface area contributed by atoms with Crippen molar-refractivity contribution in [3.8, 4) is 0 Å². The Morgan fingerprint density at radius 2 is 2.14 bits per heavy atom. The van der Waals surface area contributed by atoms with E-state index in [2.05, 4.69) is 26.7 Å². The van der Waals surface area contributed by atoms with Crippen LogP contribution in [0.2, 0.25) is 0 Å². The van der Waals surface area contributed by atoms with Gasteiger partial charge in [0, 0.05) is 33.2 Å². The summed E-state index contributed by atoms with van der Waals surface area (Å²) in [5, 5.41) is 6.75. The maximum Gasteiger partial charge on any atom is 0.267 e. The molecule has 2 rings (SSSR count). The fraction of sp³-hybridized carbons (Fsp3) is 0.714. The van der Waals surface area contributed by atoms with E-state index in [1.54, 1.807) is 11.9 Å². The van der Waals surface area contributed by atoms with Crippen molar-refractivity contribution in [1.29, 1.82) is 0 Å². The van der Waals surface area contributed by atoms with Crippen molar-refractivity contribution in [3.05, 3.63) is 10.6 Å². The molecule has 7 nitrogen and oxygen atoms in total. The Balaban J connectivity index is 2.16. The summed E-state index contributed by atoms with van der Waals surface area (Å²) in [6, 6.07) is 0. The Morgan fingerprint density at radius 1 is 1.36 bits per heavy atom.